The topological polar surface area (TPSA) is 38.3 Å². The van der Waals surface area contributed by atoms with E-state index in [0.29, 0.717) is 5.41 Å². The zero-order valence-electron chi connectivity index (χ0n) is 14.1. The van der Waals surface area contributed by atoms with Gasteiger partial charge in [-0.3, -0.25) is 4.79 Å². The maximum absolute atomic E-state index is 12.3. The van der Waals surface area contributed by atoms with Crippen LogP contribution in [-0.4, -0.2) is 18.6 Å². The average molecular weight is 301 g/mol. The van der Waals surface area contributed by atoms with Crippen LogP contribution in [0.2, 0.25) is 0 Å². The van der Waals surface area contributed by atoms with Gasteiger partial charge < -0.3 is 10.1 Å². The highest BCUT2D eigenvalue weighted by molar-refractivity contribution is 5.78. The number of aryl methyl sites for hydroxylation is 1. The summed E-state index contributed by atoms with van der Waals surface area (Å²) in [7, 11) is 0. The SMILES string of the molecule is Cc1cccc(OCC(=O)N[C@@H]2C[C@H]3CC[C@]2(C)C3(C)C)c1. The van der Waals surface area contributed by atoms with Gasteiger partial charge in [-0.25, -0.2) is 0 Å². The molecule has 0 aromatic heterocycles. The molecule has 2 aliphatic carbocycles. The molecule has 3 nitrogen and oxygen atoms in total. The van der Waals surface area contributed by atoms with Crippen molar-refractivity contribution < 1.29 is 9.53 Å². The van der Waals surface area contributed by atoms with Crippen molar-refractivity contribution in [1.29, 1.82) is 0 Å². The lowest BCUT2D eigenvalue weighted by atomic mass is 9.69. The molecule has 3 atom stereocenters. The van der Waals surface area contributed by atoms with E-state index in [2.05, 4.69) is 26.1 Å². The van der Waals surface area contributed by atoms with E-state index in [1.807, 2.05) is 31.2 Å². The van der Waals surface area contributed by atoms with Gasteiger partial charge in [0.25, 0.3) is 5.91 Å². The van der Waals surface area contributed by atoms with Gasteiger partial charge >= 0.3 is 0 Å². The van der Waals surface area contributed by atoms with Gasteiger partial charge in [-0.05, 0) is 60.6 Å². The molecular formula is C19H27NO2. The quantitative estimate of drug-likeness (QED) is 0.921. The second-order valence-corrected chi connectivity index (χ2v) is 7.84. The standard InChI is InChI=1S/C19H27NO2/c1-13-6-5-7-15(10-13)22-12-17(21)20-16-11-14-8-9-19(16,4)18(14,2)3/h5-7,10,14,16H,8-9,11-12H2,1-4H3,(H,20,21)/t14-,16-,19+/m1/s1. The van der Waals surface area contributed by atoms with E-state index >= 15 is 0 Å². The Bertz CT molecular complexity index is 581. The van der Waals surface area contributed by atoms with Gasteiger partial charge in [0.15, 0.2) is 6.61 Å². The van der Waals surface area contributed by atoms with E-state index in [0.717, 1.165) is 23.7 Å². The summed E-state index contributed by atoms with van der Waals surface area (Å²) in [5, 5.41) is 3.23. The maximum atomic E-state index is 12.3. The molecule has 2 aliphatic rings. The van der Waals surface area contributed by atoms with Crippen LogP contribution in [0.5, 0.6) is 5.75 Å². The minimum Gasteiger partial charge on any atom is -0.484 e. The average Bonchev–Trinajstić information content (AvgIpc) is 2.78. The predicted octanol–water partition coefficient (Wildman–Crippen LogP) is 3.70. The first-order valence-electron chi connectivity index (χ1n) is 8.32. The van der Waals surface area contributed by atoms with Crippen LogP contribution in [0.25, 0.3) is 0 Å². The molecule has 0 unspecified atom stereocenters. The number of benzene rings is 1. The normalized spacial score (nSPS) is 32.0. The second-order valence-electron chi connectivity index (χ2n) is 7.84. The van der Waals surface area contributed by atoms with Crippen LogP contribution in [0, 0.1) is 23.7 Å². The molecule has 1 amide bonds. The first kappa shape index (κ1) is 15.4. The highest BCUT2D eigenvalue weighted by Crippen LogP contribution is 2.65. The van der Waals surface area contributed by atoms with Crippen LogP contribution in [-0.2, 0) is 4.79 Å². The summed E-state index contributed by atoms with van der Waals surface area (Å²) in [4.78, 5) is 12.3. The third-order valence-electron chi connectivity index (χ3n) is 6.49. The molecule has 1 aromatic carbocycles. The molecule has 3 rings (SSSR count). The summed E-state index contributed by atoms with van der Waals surface area (Å²) in [6.45, 7) is 9.18. The molecule has 0 aliphatic heterocycles. The molecule has 120 valence electrons. The van der Waals surface area contributed by atoms with Crippen molar-refractivity contribution in [2.75, 3.05) is 6.61 Å². The van der Waals surface area contributed by atoms with Crippen LogP contribution in [0.3, 0.4) is 0 Å². The van der Waals surface area contributed by atoms with E-state index in [1.165, 1.54) is 12.8 Å². The molecule has 2 saturated carbocycles. The summed E-state index contributed by atoms with van der Waals surface area (Å²) >= 11 is 0. The number of hydrogen-bond acceptors (Lipinski definition) is 2. The number of amides is 1. The fourth-order valence-corrected chi connectivity index (χ4v) is 4.51. The van der Waals surface area contributed by atoms with Crippen molar-refractivity contribution >= 4 is 5.91 Å². The zero-order chi connectivity index (χ0) is 16.0. The summed E-state index contributed by atoms with van der Waals surface area (Å²) in [6.07, 6.45) is 3.63. The fraction of sp³-hybridized carbons (Fsp3) is 0.632. The molecule has 2 fully saturated rings. The van der Waals surface area contributed by atoms with E-state index < -0.39 is 0 Å². The highest BCUT2D eigenvalue weighted by Gasteiger charge is 2.61. The number of nitrogens with one attached hydrogen (secondary N) is 1. The van der Waals surface area contributed by atoms with Crippen molar-refractivity contribution in [3.05, 3.63) is 29.8 Å². The van der Waals surface area contributed by atoms with Crippen LogP contribution in [0.4, 0.5) is 0 Å². The minimum atomic E-state index is -0.00363. The lowest BCUT2D eigenvalue weighted by Crippen LogP contribution is -2.48. The lowest BCUT2D eigenvalue weighted by molar-refractivity contribution is -0.124. The van der Waals surface area contributed by atoms with Crippen LogP contribution in [0.1, 0.15) is 45.6 Å². The Kier molecular flexibility index (Phi) is 3.70. The van der Waals surface area contributed by atoms with Crippen molar-refractivity contribution in [2.45, 2.75) is 53.0 Å². The lowest BCUT2D eigenvalue weighted by Gasteiger charge is -2.39. The number of fused-ring (bicyclic) bond motifs is 2. The molecule has 1 aromatic rings. The van der Waals surface area contributed by atoms with Crippen molar-refractivity contribution in [1.82, 2.24) is 5.32 Å². The second kappa shape index (κ2) is 5.29. The Balaban J connectivity index is 1.57. The highest BCUT2D eigenvalue weighted by atomic mass is 16.5. The number of carbonyl (C=O) groups is 1. The van der Waals surface area contributed by atoms with E-state index in [-0.39, 0.29) is 24.0 Å². The van der Waals surface area contributed by atoms with Crippen LogP contribution in [0.15, 0.2) is 24.3 Å². The van der Waals surface area contributed by atoms with Crippen molar-refractivity contribution in [3.63, 3.8) is 0 Å². The van der Waals surface area contributed by atoms with Gasteiger partial charge in [-0.2, -0.15) is 0 Å². The molecular weight excluding hydrogens is 274 g/mol. The van der Waals surface area contributed by atoms with Gasteiger partial charge in [0.1, 0.15) is 5.75 Å². The Hall–Kier alpha value is -1.51. The monoisotopic (exact) mass is 301 g/mol. The first-order valence-corrected chi connectivity index (χ1v) is 8.32. The van der Waals surface area contributed by atoms with Crippen LogP contribution >= 0.6 is 0 Å². The number of rotatable bonds is 4. The van der Waals surface area contributed by atoms with Gasteiger partial charge in [0, 0.05) is 6.04 Å². The summed E-state index contributed by atoms with van der Waals surface area (Å²) in [6, 6.07) is 8.10. The third-order valence-corrected chi connectivity index (χ3v) is 6.49. The molecule has 0 saturated heterocycles. The number of carbonyl (C=O) groups excluding carboxylic acids is 1. The zero-order valence-corrected chi connectivity index (χ0v) is 14.1. The van der Waals surface area contributed by atoms with Gasteiger partial charge in [-0.1, -0.05) is 32.9 Å². The van der Waals surface area contributed by atoms with Gasteiger partial charge in [0.05, 0.1) is 0 Å². The van der Waals surface area contributed by atoms with E-state index in [4.69, 9.17) is 4.74 Å². The first-order chi connectivity index (χ1) is 10.3. The largest absolute Gasteiger partial charge is 0.484 e. The summed E-state index contributed by atoms with van der Waals surface area (Å²) < 4.78 is 5.61. The fourth-order valence-electron chi connectivity index (χ4n) is 4.51. The summed E-state index contributed by atoms with van der Waals surface area (Å²) in [5.74, 6) is 1.49. The molecule has 0 heterocycles. The van der Waals surface area contributed by atoms with Gasteiger partial charge in [0.2, 0.25) is 0 Å². The Morgan fingerprint density at radius 2 is 2.14 bits per heavy atom. The van der Waals surface area contributed by atoms with E-state index in [9.17, 15) is 4.79 Å². The molecule has 2 bridgehead atoms. The van der Waals surface area contributed by atoms with Crippen molar-refractivity contribution in [3.8, 4) is 5.75 Å². The van der Waals surface area contributed by atoms with Crippen LogP contribution < -0.4 is 10.1 Å². The predicted molar refractivity (Wildman–Crippen MR) is 87.8 cm³/mol. The number of ether oxygens (including phenoxy) is 1. The van der Waals surface area contributed by atoms with Gasteiger partial charge in [-0.15, -0.1) is 0 Å². The third kappa shape index (κ3) is 2.41. The molecule has 3 heteroatoms. The molecule has 22 heavy (non-hydrogen) atoms. The minimum absolute atomic E-state index is 0.00363. The smallest absolute Gasteiger partial charge is 0.258 e. The Morgan fingerprint density at radius 1 is 1.36 bits per heavy atom. The Morgan fingerprint density at radius 3 is 2.73 bits per heavy atom. The maximum Gasteiger partial charge on any atom is 0.258 e. The summed E-state index contributed by atoms with van der Waals surface area (Å²) in [5.41, 5.74) is 1.68. The molecule has 0 radical (unpaired) electrons. The Labute approximate surface area is 133 Å². The molecule has 1 N–H and O–H groups in total. The van der Waals surface area contributed by atoms with E-state index in [1.54, 1.807) is 0 Å². The number of hydrogen-bond donors (Lipinski definition) is 1. The van der Waals surface area contributed by atoms with Crippen molar-refractivity contribution in [2.24, 2.45) is 16.7 Å². The molecule has 0 spiro atoms.